The predicted octanol–water partition coefficient (Wildman–Crippen LogP) is 3.93. The number of carbonyl (C=O) groups is 2. The van der Waals surface area contributed by atoms with Crippen LogP contribution in [0.15, 0.2) is 36.4 Å². The van der Waals surface area contributed by atoms with E-state index in [1.54, 1.807) is 32.0 Å². The van der Waals surface area contributed by atoms with Crippen LogP contribution in [0.25, 0.3) is 0 Å². The fourth-order valence-electron chi connectivity index (χ4n) is 2.98. The fourth-order valence-corrected chi connectivity index (χ4v) is 2.98. The van der Waals surface area contributed by atoms with Crippen LogP contribution < -0.4 is 20.1 Å². The second-order valence-electron chi connectivity index (χ2n) is 7.35. The third-order valence-corrected chi connectivity index (χ3v) is 4.91. The number of ether oxygens (including phenoxy) is 2. The molecule has 0 saturated carbocycles. The molecule has 1 heterocycles. The molecular formula is C22H26N2O4. The molecule has 2 N–H and O–H groups in total. The lowest BCUT2D eigenvalue weighted by Crippen LogP contribution is -2.41. The molecule has 6 heteroatoms. The van der Waals surface area contributed by atoms with Crippen molar-refractivity contribution >= 4 is 23.2 Å². The van der Waals surface area contributed by atoms with Gasteiger partial charge in [-0.25, -0.2) is 0 Å². The van der Waals surface area contributed by atoms with Crippen LogP contribution in [-0.4, -0.2) is 25.0 Å². The zero-order chi connectivity index (χ0) is 20.3. The average Bonchev–Trinajstić information content (AvgIpc) is 2.69. The van der Waals surface area contributed by atoms with E-state index in [9.17, 15) is 9.59 Å². The van der Waals surface area contributed by atoms with Crippen molar-refractivity contribution < 1.29 is 19.1 Å². The number of anilines is 2. The van der Waals surface area contributed by atoms with E-state index in [0.29, 0.717) is 30.4 Å². The van der Waals surface area contributed by atoms with E-state index in [1.807, 2.05) is 32.0 Å². The number of carbonyl (C=O) groups excluding carboxylic acids is 2. The molecule has 0 unspecified atom stereocenters. The first kappa shape index (κ1) is 19.7. The molecule has 0 radical (unpaired) electrons. The van der Waals surface area contributed by atoms with Crippen LogP contribution >= 0.6 is 0 Å². The minimum atomic E-state index is -1.26. The molecule has 0 saturated heterocycles. The summed E-state index contributed by atoms with van der Waals surface area (Å²) in [5.41, 5.74) is 2.07. The van der Waals surface area contributed by atoms with Crippen LogP contribution in [-0.2, 0) is 16.0 Å². The SMILES string of the molecule is CCc1cccc(C)c1NC(=O)C(C)(C)C(=O)Nc1ccc2c(c1)OCCO2. The maximum atomic E-state index is 12.9. The summed E-state index contributed by atoms with van der Waals surface area (Å²) >= 11 is 0. The Morgan fingerprint density at radius 3 is 2.39 bits per heavy atom. The highest BCUT2D eigenvalue weighted by Crippen LogP contribution is 2.33. The smallest absolute Gasteiger partial charge is 0.239 e. The lowest BCUT2D eigenvalue weighted by molar-refractivity contribution is -0.135. The van der Waals surface area contributed by atoms with Crippen molar-refractivity contribution in [2.75, 3.05) is 23.8 Å². The maximum Gasteiger partial charge on any atom is 0.239 e. The molecule has 0 spiro atoms. The van der Waals surface area contributed by atoms with Gasteiger partial charge in [0.25, 0.3) is 0 Å². The normalized spacial score (nSPS) is 13.0. The molecule has 2 aromatic rings. The zero-order valence-corrected chi connectivity index (χ0v) is 16.7. The number of benzene rings is 2. The summed E-state index contributed by atoms with van der Waals surface area (Å²) in [4.78, 5) is 25.7. The molecule has 28 heavy (non-hydrogen) atoms. The van der Waals surface area contributed by atoms with E-state index in [4.69, 9.17) is 9.47 Å². The van der Waals surface area contributed by atoms with Gasteiger partial charge in [-0.1, -0.05) is 25.1 Å². The largest absolute Gasteiger partial charge is 0.486 e. The highest BCUT2D eigenvalue weighted by Gasteiger charge is 2.36. The van der Waals surface area contributed by atoms with E-state index < -0.39 is 11.3 Å². The number of para-hydroxylation sites is 1. The first-order valence-electron chi connectivity index (χ1n) is 9.44. The van der Waals surface area contributed by atoms with E-state index in [2.05, 4.69) is 10.6 Å². The summed E-state index contributed by atoms with van der Waals surface area (Å²) in [7, 11) is 0. The summed E-state index contributed by atoms with van der Waals surface area (Å²) < 4.78 is 11.0. The van der Waals surface area contributed by atoms with Crippen LogP contribution in [0.3, 0.4) is 0 Å². The summed E-state index contributed by atoms with van der Waals surface area (Å²) in [6.45, 7) is 8.17. The number of fused-ring (bicyclic) bond motifs is 1. The van der Waals surface area contributed by atoms with E-state index >= 15 is 0 Å². The lowest BCUT2D eigenvalue weighted by Gasteiger charge is -2.25. The van der Waals surface area contributed by atoms with Crippen molar-refractivity contribution in [1.82, 2.24) is 0 Å². The number of amides is 2. The van der Waals surface area contributed by atoms with Gasteiger partial charge in [0.2, 0.25) is 11.8 Å². The molecule has 1 aliphatic rings. The van der Waals surface area contributed by atoms with Gasteiger partial charge in [-0.15, -0.1) is 0 Å². The topological polar surface area (TPSA) is 76.7 Å². The van der Waals surface area contributed by atoms with Crippen molar-refractivity contribution in [3.63, 3.8) is 0 Å². The predicted molar refractivity (Wildman–Crippen MR) is 109 cm³/mol. The van der Waals surface area contributed by atoms with Crippen LogP contribution in [0.5, 0.6) is 11.5 Å². The van der Waals surface area contributed by atoms with Gasteiger partial charge in [-0.2, -0.15) is 0 Å². The number of hydrogen-bond acceptors (Lipinski definition) is 4. The van der Waals surface area contributed by atoms with Gasteiger partial charge < -0.3 is 20.1 Å². The molecule has 148 valence electrons. The Kier molecular flexibility index (Phi) is 5.58. The Balaban J connectivity index is 1.75. The van der Waals surface area contributed by atoms with Crippen molar-refractivity contribution in [2.24, 2.45) is 5.41 Å². The van der Waals surface area contributed by atoms with Crippen molar-refractivity contribution in [2.45, 2.75) is 34.1 Å². The van der Waals surface area contributed by atoms with Crippen molar-refractivity contribution in [1.29, 1.82) is 0 Å². The zero-order valence-electron chi connectivity index (χ0n) is 16.7. The van der Waals surface area contributed by atoms with Crippen LogP contribution in [0.1, 0.15) is 31.9 Å². The van der Waals surface area contributed by atoms with Gasteiger partial charge in [-0.05, 0) is 50.5 Å². The highest BCUT2D eigenvalue weighted by atomic mass is 16.6. The highest BCUT2D eigenvalue weighted by molar-refractivity contribution is 6.14. The third kappa shape index (κ3) is 3.96. The van der Waals surface area contributed by atoms with E-state index in [0.717, 1.165) is 23.2 Å². The Bertz CT molecular complexity index is 905. The fraction of sp³-hybridized carbons (Fsp3) is 0.364. The van der Waals surface area contributed by atoms with Gasteiger partial charge in [0, 0.05) is 17.4 Å². The number of hydrogen-bond donors (Lipinski definition) is 2. The van der Waals surface area contributed by atoms with Crippen LogP contribution in [0, 0.1) is 12.3 Å². The van der Waals surface area contributed by atoms with Crippen molar-refractivity contribution in [3.05, 3.63) is 47.5 Å². The Morgan fingerprint density at radius 2 is 1.68 bits per heavy atom. The second kappa shape index (κ2) is 7.92. The molecule has 2 aromatic carbocycles. The molecular weight excluding hydrogens is 356 g/mol. The number of rotatable bonds is 5. The van der Waals surface area contributed by atoms with Gasteiger partial charge in [0.1, 0.15) is 18.6 Å². The Labute approximate surface area is 165 Å². The van der Waals surface area contributed by atoms with Crippen LogP contribution in [0.4, 0.5) is 11.4 Å². The lowest BCUT2D eigenvalue weighted by atomic mass is 9.90. The number of nitrogens with one attached hydrogen (secondary N) is 2. The summed E-state index contributed by atoms with van der Waals surface area (Å²) in [5.74, 6) is 0.478. The molecule has 0 aromatic heterocycles. The molecule has 2 amide bonds. The molecule has 0 fully saturated rings. The quantitative estimate of drug-likeness (QED) is 0.768. The summed E-state index contributed by atoms with van der Waals surface area (Å²) in [6, 6.07) is 11.1. The molecule has 6 nitrogen and oxygen atoms in total. The standard InChI is InChI=1S/C22H26N2O4/c1-5-15-8-6-7-14(2)19(15)24-21(26)22(3,4)20(25)23-16-9-10-17-18(13-16)28-12-11-27-17/h6-10,13H,5,11-12H2,1-4H3,(H,23,25)(H,24,26). The molecule has 0 bridgehead atoms. The molecule has 3 rings (SSSR count). The first-order chi connectivity index (χ1) is 13.3. The van der Waals surface area contributed by atoms with E-state index in [1.165, 1.54) is 0 Å². The summed E-state index contributed by atoms with van der Waals surface area (Å²) in [6.07, 6.45) is 0.793. The minimum Gasteiger partial charge on any atom is -0.486 e. The van der Waals surface area contributed by atoms with Gasteiger partial charge in [-0.3, -0.25) is 9.59 Å². The maximum absolute atomic E-state index is 12.9. The Morgan fingerprint density at radius 1 is 1.00 bits per heavy atom. The van der Waals surface area contributed by atoms with Crippen LogP contribution in [0.2, 0.25) is 0 Å². The number of aryl methyl sites for hydroxylation is 2. The monoisotopic (exact) mass is 382 g/mol. The summed E-state index contributed by atoms with van der Waals surface area (Å²) in [5, 5.41) is 5.75. The van der Waals surface area contributed by atoms with Gasteiger partial charge in [0.05, 0.1) is 0 Å². The minimum absolute atomic E-state index is 0.355. The molecule has 1 aliphatic heterocycles. The van der Waals surface area contributed by atoms with Gasteiger partial charge in [0.15, 0.2) is 11.5 Å². The van der Waals surface area contributed by atoms with Crippen molar-refractivity contribution in [3.8, 4) is 11.5 Å². The molecule has 0 atom stereocenters. The average molecular weight is 382 g/mol. The first-order valence-corrected chi connectivity index (χ1v) is 9.44. The third-order valence-electron chi connectivity index (χ3n) is 4.91. The second-order valence-corrected chi connectivity index (χ2v) is 7.35. The molecule has 0 aliphatic carbocycles. The Hall–Kier alpha value is -3.02. The van der Waals surface area contributed by atoms with Gasteiger partial charge >= 0.3 is 0 Å². The van der Waals surface area contributed by atoms with E-state index in [-0.39, 0.29) is 5.91 Å².